The molecule has 1 heterocycles. The van der Waals surface area contributed by atoms with E-state index in [1.165, 1.54) is 5.56 Å². The van der Waals surface area contributed by atoms with Crippen molar-refractivity contribution in [2.24, 2.45) is 11.8 Å². The van der Waals surface area contributed by atoms with Crippen molar-refractivity contribution in [2.45, 2.75) is 39.7 Å². The predicted molar refractivity (Wildman–Crippen MR) is 106 cm³/mol. The molecule has 0 aliphatic carbocycles. The Hall–Kier alpha value is -2.63. The van der Waals surface area contributed by atoms with Crippen molar-refractivity contribution in [2.75, 3.05) is 13.3 Å². The Balaban J connectivity index is 1.68. The highest BCUT2D eigenvalue weighted by molar-refractivity contribution is 5.83. The summed E-state index contributed by atoms with van der Waals surface area (Å²) >= 11 is 0. The fourth-order valence-electron chi connectivity index (χ4n) is 2.72. The third kappa shape index (κ3) is 7.64. The van der Waals surface area contributed by atoms with Gasteiger partial charge in [0.2, 0.25) is 5.91 Å². The van der Waals surface area contributed by atoms with Gasteiger partial charge in [-0.25, -0.2) is 4.79 Å². The smallest absolute Gasteiger partial charge is 0.388 e. The number of hydrogen-bond acceptors (Lipinski definition) is 3. The second-order valence-electron chi connectivity index (χ2n) is 7.32. The maximum Gasteiger partial charge on any atom is 0.412 e. The normalized spacial score (nSPS) is 17.2. The summed E-state index contributed by atoms with van der Waals surface area (Å²) in [5.41, 5.74) is 1.17. The van der Waals surface area contributed by atoms with Crippen LogP contribution in [0.5, 0.6) is 0 Å². The number of carbonyl (C=O) groups excluding carboxylic acids is 2. The monoisotopic (exact) mass is 372 g/mol. The van der Waals surface area contributed by atoms with E-state index in [4.69, 9.17) is 4.74 Å². The summed E-state index contributed by atoms with van der Waals surface area (Å²) in [6.45, 7) is 6.88. The highest BCUT2D eigenvalue weighted by Gasteiger charge is 2.21. The summed E-state index contributed by atoms with van der Waals surface area (Å²) < 4.78 is 7.03. The molecule has 0 unspecified atom stereocenters. The molecular formula is C21H30N3O3+. The van der Waals surface area contributed by atoms with Crippen molar-refractivity contribution in [3.05, 3.63) is 48.2 Å². The van der Waals surface area contributed by atoms with Crippen LogP contribution in [0.15, 0.2) is 42.6 Å². The molecule has 0 aromatic heterocycles. The molecule has 6 nitrogen and oxygen atoms in total. The van der Waals surface area contributed by atoms with Crippen molar-refractivity contribution in [1.82, 2.24) is 10.6 Å². The first-order chi connectivity index (χ1) is 12.9. The molecule has 0 fully saturated rings. The Morgan fingerprint density at radius 2 is 1.96 bits per heavy atom. The van der Waals surface area contributed by atoms with Crippen LogP contribution < -0.4 is 10.6 Å². The zero-order valence-electron chi connectivity index (χ0n) is 16.4. The predicted octanol–water partition coefficient (Wildman–Crippen LogP) is 2.69. The zero-order valence-corrected chi connectivity index (χ0v) is 16.4. The highest BCUT2D eigenvalue weighted by atomic mass is 16.6. The number of benzene rings is 1. The van der Waals surface area contributed by atoms with Gasteiger partial charge in [0.25, 0.3) is 6.73 Å². The maximum atomic E-state index is 12.1. The van der Waals surface area contributed by atoms with E-state index in [-0.39, 0.29) is 24.6 Å². The van der Waals surface area contributed by atoms with Crippen molar-refractivity contribution in [3.63, 3.8) is 0 Å². The molecule has 2 N–H and O–H groups in total. The average Bonchev–Trinajstić information content (AvgIpc) is 2.65. The molecule has 0 spiro atoms. The van der Waals surface area contributed by atoms with Crippen molar-refractivity contribution in [1.29, 1.82) is 0 Å². The van der Waals surface area contributed by atoms with E-state index in [2.05, 4.69) is 24.5 Å². The van der Waals surface area contributed by atoms with Gasteiger partial charge in [-0.05, 0) is 30.9 Å². The Labute approximate surface area is 161 Å². The van der Waals surface area contributed by atoms with Gasteiger partial charge in [0.15, 0.2) is 6.20 Å². The van der Waals surface area contributed by atoms with E-state index in [0.29, 0.717) is 18.9 Å². The Bertz CT molecular complexity index is 683. The van der Waals surface area contributed by atoms with Crippen LogP contribution in [-0.4, -0.2) is 42.1 Å². The van der Waals surface area contributed by atoms with Gasteiger partial charge >= 0.3 is 6.09 Å². The van der Waals surface area contributed by atoms with Gasteiger partial charge in [-0.1, -0.05) is 44.2 Å². The summed E-state index contributed by atoms with van der Waals surface area (Å²) in [6.07, 6.45) is 6.39. The van der Waals surface area contributed by atoms with Crippen molar-refractivity contribution < 1.29 is 18.9 Å². The first kappa shape index (κ1) is 20.7. The third-order valence-corrected chi connectivity index (χ3v) is 4.22. The minimum atomic E-state index is -0.447. The van der Waals surface area contributed by atoms with Crippen LogP contribution in [0.1, 0.15) is 32.8 Å². The van der Waals surface area contributed by atoms with E-state index in [1.54, 1.807) is 10.8 Å². The second kappa shape index (κ2) is 10.5. The van der Waals surface area contributed by atoms with Crippen LogP contribution in [-0.2, 0) is 16.0 Å². The maximum absolute atomic E-state index is 12.1. The number of nitrogens with one attached hydrogen (secondary N) is 2. The summed E-state index contributed by atoms with van der Waals surface area (Å²) in [5.74, 6) is 0.294. The number of alkyl carbamates (subject to hydrolysis) is 1. The Kier molecular flexibility index (Phi) is 8.04. The molecule has 0 bridgehead atoms. The molecule has 1 aliphatic heterocycles. The molecule has 0 radical (unpaired) electrons. The molecule has 1 aromatic carbocycles. The highest BCUT2D eigenvalue weighted by Crippen LogP contribution is 2.09. The van der Waals surface area contributed by atoms with Gasteiger partial charge in [0.05, 0.1) is 5.92 Å². The van der Waals surface area contributed by atoms with Gasteiger partial charge in [-0.15, -0.1) is 0 Å². The van der Waals surface area contributed by atoms with E-state index in [1.807, 2.05) is 49.5 Å². The Morgan fingerprint density at radius 1 is 1.22 bits per heavy atom. The van der Waals surface area contributed by atoms with E-state index < -0.39 is 6.09 Å². The van der Waals surface area contributed by atoms with E-state index >= 15 is 0 Å². The SMILES string of the molecule is CC(C)CNC(=O)[C@H]1C=C[N+](COC(=O)N[C@@H](C)Cc2ccccc2)=CC1. The molecule has 146 valence electrons. The fraction of sp³-hybridized carbons (Fsp3) is 0.476. The lowest BCUT2D eigenvalue weighted by Crippen LogP contribution is -2.36. The van der Waals surface area contributed by atoms with Gasteiger partial charge in [-0.3, -0.25) is 4.79 Å². The second-order valence-corrected chi connectivity index (χ2v) is 7.32. The summed E-state index contributed by atoms with van der Waals surface area (Å²) in [4.78, 5) is 24.0. The van der Waals surface area contributed by atoms with Crippen LogP contribution >= 0.6 is 0 Å². The van der Waals surface area contributed by atoms with Crippen LogP contribution in [0.3, 0.4) is 0 Å². The number of nitrogens with zero attached hydrogens (tertiary/aromatic N) is 1. The molecule has 6 heteroatoms. The number of carbonyl (C=O) groups is 2. The van der Waals surface area contributed by atoms with Gasteiger partial charge in [0, 0.05) is 19.0 Å². The zero-order chi connectivity index (χ0) is 19.6. The van der Waals surface area contributed by atoms with E-state index in [0.717, 1.165) is 6.42 Å². The Morgan fingerprint density at radius 3 is 2.59 bits per heavy atom. The quantitative estimate of drug-likeness (QED) is 0.689. The van der Waals surface area contributed by atoms with Crippen LogP contribution in [0, 0.1) is 11.8 Å². The average molecular weight is 372 g/mol. The van der Waals surface area contributed by atoms with Crippen molar-refractivity contribution in [3.8, 4) is 0 Å². The lowest BCUT2D eigenvalue weighted by molar-refractivity contribution is -0.495. The van der Waals surface area contributed by atoms with Crippen molar-refractivity contribution >= 4 is 18.2 Å². The van der Waals surface area contributed by atoms with Crippen LogP contribution in [0.4, 0.5) is 4.79 Å². The molecule has 0 saturated carbocycles. The minimum Gasteiger partial charge on any atom is -0.388 e. The first-order valence-corrected chi connectivity index (χ1v) is 9.46. The molecule has 27 heavy (non-hydrogen) atoms. The lowest BCUT2D eigenvalue weighted by Gasteiger charge is -2.15. The standard InChI is InChI=1S/C21H29N3O3/c1-16(2)14-22-20(25)19-9-11-24(12-10-19)15-27-21(26)23-17(3)13-18-7-5-4-6-8-18/h4-9,11-12,16-17,19H,10,13-15H2,1-3H3,(H-,22,23,25,26)/p+1/t17-,19-/m0/s1. The first-order valence-electron chi connectivity index (χ1n) is 9.46. The molecule has 1 aromatic rings. The largest absolute Gasteiger partial charge is 0.412 e. The number of amides is 2. The number of hydrogen-bond donors (Lipinski definition) is 2. The van der Waals surface area contributed by atoms with Crippen LogP contribution in [0.2, 0.25) is 0 Å². The number of ether oxygens (including phenoxy) is 1. The molecule has 0 saturated heterocycles. The molecular weight excluding hydrogens is 342 g/mol. The van der Waals surface area contributed by atoms with Gasteiger partial charge in [-0.2, -0.15) is 4.58 Å². The minimum absolute atomic E-state index is 0.0187. The lowest BCUT2D eigenvalue weighted by atomic mass is 10.0. The van der Waals surface area contributed by atoms with Gasteiger partial charge in [0.1, 0.15) is 6.21 Å². The summed E-state index contributed by atoms with van der Waals surface area (Å²) in [7, 11) is 0. The third-order valence-electron chi connectivity index (χ3n) is 4.22. The molecule has 2 rings (SSSR count). The molecule has 2 atom stereocenters. The molecule has 2 amide bonds. The summed E-state index contributed by atoms with van der Waals surface area (Å²) in [6, 6.07) is 9.98. The van der Waals surface area contributed by atoms with E-state index in [9.17, 15) is 9.59 Å². The summed E-state index contributed by atoms with van der Waals surface area (Å²) in [5, 5.41) is 5.77. The fourth-order valence-corrected chi connectivity index (χ4v) is 2.72. The topological polar surface area (TPSA) is 70.4 Å². The van der Waals surface area contributed by atoms with Crippen LogP contribution in [0.25, 0.3) is 0 Å². The number of rotatable bonds is 8. The molecule has 1 aliphatic rings. The van der Waals surface area contributed by atoms with Gasteiger partial charge < -0.3 is 15.4 Å².